The van der Waals surface area contributed by atoms with Gasteiger partial charge in [-0.3, -0.25) is 9.59 Å². The number of carbonyl (C=O) groups is 2. The number of ether oxygens (including phenoxy) is 2. The maximum atomic E-state index is 10.4. The van der Waals surface area contributed by atoms with Crippen LogP contribution in [0.4, 0.5) is 0 Å². The molecule has 0 aliphatic rings. The molecule has 0 saturated carbocycles. The summed E-state index contributed by atoms with van der Waals surface area (Å²) >= 11 is 0. The molecule has 1 aromatic carbocycles. The molecule has 0 spiro atoms. The van der Waals surface area contributed by atoms with E-state index >= 15 is 0 Å². The number of rotatable bonds is 7. The van der Waals surface area contributed by atoms with Gasteiger partial charge in [-0.2, -0.15) is 0 Å². The molecule has 0 amide bonds. The molecule has 15 heavy (non-hydrogen) atoms. The summed E-state index contributed by atoms with van der Waals surface area (Å²) in [7, 11) is 0. The van der Waals surface area contributed by atoms with Crippen LogP contribution in [-0.2, 0) is 9.53 Å². The summed E-state index contributed by atoms with van der Waals surface area (Å²) in [6.07, 6.45) is 1.43. The lowest BCUT2D eigenvalue weighted by Gasteiger charge is -2.05. The van der Waals surface area contributed by atoms with E-state index in [1.54, 1.807) is 24.3 Å². The van der Waals surface area contributed by atoms with Crippen molar-refractivity contribution >= 4 is 12.8 Å². The Kier molecular flexibility index (Phi) is 4.94. The molecule has 1 rings (SSSR count). The first-order chi connectivity index (χ1) is 7.36. The molecular formula is C11H12O4. The number of aldehydes is 1. The van der Waals surface area contributed by atoms with Gasteiger partial charge in [0.1, 0.15) is 12.0 Å². The first-order valence-corrected chi connectivity index (χ1v) is 4.60. The Morgan fingerprint density at radius 2 is 1.80 bits per heavy atom. The van der Waals surface area contributed by atoms with Crippen LogP contribution in [-0.4, -0.2) is 26.0 Å². The first kappa shape index (κ1) is 11.2. The fourth-order valence-corrected chi connectivity index (χ4v) is 1.02. The second-order valence-corrected chi connectivity index (χ2v) is 2.86. The van der Waals surface area contributed by atoms with Crippen LogP contribution in [0.1, 0.15) is 16.8 Å². The Hall–Kier alpha value is -1.84. The summed E-state index contributed by atoms with van der Waals surface area (Å²) in [4.78, 5) is 20.2. The molecule has 4 nitrogen and oxygen atoms in total. The van der Waals surface area contributed by atoms with E-state index < -0.39 is 0 Å². The van der Waals surface area contributed by atoms with Crippen molar-refractivity contribution in [3.63, 3.8) is 0 Å². The SMILES string of the molecule is O=COCCCOc1ccc(C=O)cc1. The van der Waals surface area contributed by atoms with Crippen LogP contribution >= 0.6 is 0 Å². The maximum Gasteiger partial charge on any atom is 0.293 e. The van der Waals surface area contributed by atoms with E-state index in [0.717, 1.165) is 6.29 Å². The predicted molar refractivity (Wildman–Crippen MR) is 54.0 cm³/mol. The van der Waals surface area contributed by atoms with Crippen molar-refractivity contribution < 1.29 is 19.1 Å². The standard InChI is InChI=1S/C11H12O4/c12-8-10-2-4-11(5-3-10)15-7-1-6-14-9-13/h2-5,8-9H,1,6-7H2. The molecule has 0 bridgehead atoms. The number of hydrogen-bond acceptors (Lipinski definition) is 4. The van der Waals surface area contributed by atoms with Gasteiger partial charge in [0.2, 0.25) is 0 Å². The van der Waals surface area contributed by atoms with Gasteiger partial charge in [-0.25, -0.2) is 0 Å². The van der Waals surface area contributed by atoms with E-state index in [0.29, 0.717) is 37.4 Å². The molecule has 0 radical (unpaired) electrons. The van der Waals surface area contributed by atoms with Gasteiger partial charge in [0.05, 0.1) is 13.2 Å². The molecule has 80 valence electrons. The summed E-state index contributed by atoms with van der Waals surface area (Å²) in [5, 5.41) is 0. The second-order valence-electron chi connectivity index (χ2n) is 2.86. The molecular weight excluding hydrogens is 196 g/mol. The molecule has 0 aromatic heterocycles. The molecule has 0 atom stereocenters. The zero-order valence-electron chi connectivity index (χ0n) is 8.22. The molecule has 0 N–H and O–H groups in total. The van der Waals surface area contributed by atoms with Gasteiger partial charge in [-0.1, -0.05) is 0 Å². The first-order valence-electron chi connectivity index (χ1n) is 4.60. The molecule has 1 aromatic rings. The van der Waals surface area contributed by atoms with Crippen molar-refractivity contribution in [1.29, 1.82) is 0 Å². The largest absolute Gasteiger partial charge is 0.493 e. The van der Waals surface area contributed by atoms with E-state index in [-0.39, 0.29) is 0 Å². The number of carbonyl (C=O) groups excluding carboxylic acids is 2. The molecule has 0 saturated heterocycles. The summed E-state index contributed by atoms with van der Waals surface area (Å²) in [6, 6.07) is 6.82. The number of hydrogen-bond donors (Lipinski definition) is 0. The normalized spacial score (nSPS) is 9.33. The smallest absolute Gasteiger partial charge is 0.293 e. The van der Waals surface area contributed by atoms with Crippen molar-refractivity contribution in [3.8, 4) is 5.75 Å². The number of benzene rings is 1. The highest BCUT2D eigenvalue weighted by molar-refractivity contribution is 5.74. The third-order valence-corrected chi connectivity index (χ3v) is 1.76. The highest BCUT2D eigenvalue weighted by Crippen LogP contribution is 2.10. The molecule has 0 fully saturated rings. The molecule has 0 aliphatic heterocycles. The maximum absolute atomic E-state index is 10.4. The summed E-state index contributed by atoms with van der Waals surface area (Å²) in [5.74, 6) is 0.701. The van der Waals surface area contributed by atoms with Crippen molar-refractivity contribution in [1.82, 2.24) is 0 Å². The van der Waals surface area contributed by atoms with E-state index in [1.165, 1.54) is 0 Å². The quantitative estimate of drug-likeness (QED) is 0.502. The fraction of sp³-hybridized carbons (Fsp3) is 0.273. The summed E-state index contributed by atoms with van der Waals surface area (Å²) < 4.78 is 9.84. The fourth-order valence-electron chi connectivity index (χ4n) is 1.02. The molecule has 0 unspecified atom stereocenters. The van der Waals surface area contributed by atoms with Gasteiger partial charge in [0.15, 0.2) is 0 Å². The van der Waals surface area contributed by atoms with Gasteiger partial charge in [0, 0.05) is 12.0 Å². The van der Waals surface area contributed by atoms with E-state index in [9.17, 15) is 9.59 Å². The van der Waals surface area contributed by atoms with Crippen LogP contribution < -0.4 is 4.74 Å². The van der Waals surface area contributed by atoms with E-state index in [4.69, 9.17) is 4.74 Å². The Morgan fingerprint density at radius 3 is 2.40 bits per heavy atom. The Bertz CT molecular complexity index is 305. The third-order valence-electron chi connectivity index (χ3n) is 1.76. The van der Waals surface area contributed by atoms with Gasteiger partial charge in [0.25, 0.3) is 6.47 Å². The van der Waals surface area contributed by atoms with Crippen molar-refractivity contribution in [2.24, 2.45) is 0 Å². The van der Waals surface area contributed by atoms with Gasteiger partial charge in [-0.05, 0) is 24.3 Å². The van der Waals surface area contributed by atoms with Gasteiger partial charge in [-0.15, -0.1) is 0 Å². The van der Waals surface area contributed by atoms with Gasteiger partial charge < -0.3 is 9.47 Å². The minimum atomic E-state index is 0.357. The topological polar surface area (TPSA) is 52.6 Å². The highest BCUT2D eigenvalue weighted by Gasteiger charge is 1.94. The van der Waals surface area contributed by atoms with Crippen LogP contribution in [0, 0.1) is 0 Å². The minimum Gasteiger partial charge on any atom is -0.493 e. The Balaban J connectivity index is 2.25. The average Bonchev–Trinajstić information content (AvgIpc) is 2.30. The van der Waals surface area contributed by atoms with Crippen LogP contribution in [0.25, 0.3) is 0 Å². The average molecular weight is 208 g/mol. The Labute approximate surface area is 87.8 Å². The van der Waals surface area contributed by atoms with Crippen molar-refractivity contribution in [3.05, 3.63) is 29.8 Å². The van der Waals surface area contributed by atoms with Crippen molar-refractivity contribution in [2.45, 2.75) is 6.42 Å². The van der Waals surface area contributed by atoms with Crippen LogP contribution in [0.3, 0.4) is 0 Å². The summed E-state index contributed by atoms with van der Waals surface area (Å²) in [6.45, 7) is 1.25. The van der Waals surface area contributed by atoms with E-state index in [2.05, 4.69) is 4.74 Å². The summed E-state index contributed by atoms with van der Waals surface area (Å²) in [5.41, 5.74) is 0.617. The molecule has 0 heterocycles. The zero-order valence-corrected chi connectivity index (χ0v) is 8.22. The predicted octanol–water partition coefficient (Wildman–Crippen LogP) is 1.44. The highest BCUT2D eigenvalue weighted by atomic mass is 16.5. The lowest BCUT2D eigenvalue weighted by atomic mass is 10.2. The molecule has 0 aliphatic carbocycles. The van der Waals surface area contributed by atoms with Crippen LogP contribution in [0.2, 0.25) is 0 Å². The monoisotopic (exact) mass is 208 g/mol. The lowest BCUT2D eigenvalue weighted by Crippen LogP contribution is -2.02. The lowest BCUT2D eigenvalue weighted by molar-refractivity contribution is -0.128. The van der Waals surface area contributed by atoms with Crippen LogP contribution in [0.5, 0.6) is 5.75 Å². The van der Waals surface area contributed by atoms with Crippen LogP contribution in [0.15, 0.2) is 24.3 Å². The Morgan fingerprint density at radius 1 is 1.07 bits per heavy atom. The third kappa shape index (κ3) is 4.26. The van der Waals surface area contributed by atoms with Crippen molar-refractivity contribution in [2.75, 3.05) is 13.2 Å². The zero-order chi connectivity index (χ0) is 10.9. The minimum absolute atomic E-state index is 0.357. The van der Waals surface area contributed by atoms with E-state index in [1.807, 2.05) is 0 Å². The van der Waals surface area contributed by atoms with Gasteiger partial charge >= 0.3 is 0 Å². The second kappa shape index (κ2) is 6.59. The molecule has 4 heteroatoms.